The highest BCUT2D eigenvalue weighted by Crippen LogP contribution is 2.39. The van der Waals surface area contributed by atoms with Crippen molar-refractivity contribution in [3.8, 4) is 17.1 Å². The molecule has 0 fully saturated rings. The number of hydrogen-bond donors (Lipinski definition) is 2. The first-order chi connectivity index (χ1) is 16.1. The molecular weight excluding hydrogens is 441 g/mol. The summed E-state index contributed by atoms with van der Waals surface area (Å²) >= 11 is 1.31. The Labute approximate surface area is 194 Å². The lowest BCUT2D eigenvalue weighted by molar-refractivity contribution is -0.116. The lowest BCUT2D eigenvalue weighted by Crippen LogP contribution is -2.41. The highest BCUT2D eigenvalue weighted by molar-refractivity contribution is 8.00. The molecule has 166 valence electrons. The van der Waals surface area contributed by atoms with E-state index in [0.29, 0.717) is 22.4 Å². The van der Waals surface area contributed by atoms with Crippen molar-refractivity contribution in [1.82, 2.24) is 14.9 Å². The van der Waals surface area contributed by atoms with Crippen LogP contribution < -0.4 is 15.5 Å². The molecule has 33 heavy (non-hydrogen) atoms. The van der Waals surface area contributed by atoms with E-state index in [1.165, 1.54) is 23.9 Å². The minimum absolute atomic E-state index is 0.206. The Balaban J connectivity index is 1.48. The number of halogens is 1. The number of amides is 1. The first-order valence-corrected chi connectivity index (χ1v) is 11.1. The van der Waals surface area contributed by atoms with Gasteiger partial charge in [0.15, 0.2) is 5.82 Å². The molecule has 0 aliphatic carbocycles. The molecule has 1 amide bonds. The minimum Gasteiger partial charge on any atom is -0.497 e. The molecule has 1 aliphatic heterocycles. The highest BCUT2D eigenvalue weighted by Gasteiger charge is 2.38. The Morgan fingerprint density at radius 2 is 1.76 bits per heavy atom. The van der Waals surface area contributed by atoms with Crippen molar-refractivity contribution in [2.75, 3.05) is 17.9 Å². The number of benzene rings is 3. The maximum atomic E-state index is 13.6. The molecule has 0 saturated carbocycles. The summed E-state index contributed by atoms with van der Waals surface area (Å²) in [5.41, 5.74) is 5.70. The Kier molecular flexibility index (Phi) is 5.70. The number of rotatable bonds is 5. The van der Waals surface area contributed by atoms with Gasteiger partial charge < -0.3 is 15.5 Å². The van der Waals surface area contributed by atoms with Crippen LogP contribution in [-0.4, -0.2) is 33.1 Å². The summed E-state index contributed by atoms with van der Waals surface area (Å²) in [6.45, 7) is 0. The highest BCUT2D eigenvalue weighted by atomic mass is 32.2. The monoisotopic (exact) mass is 461 g/mol. The van der Waals surface area contributed by atoms with Gasteiger partial charge in [0.1, 0.15) is 16.8 Å². The van der Waals surface area contributed by atoms with Gasteiger partial charge in [-0.3, -0.25) is 4.79 Å². The van der Waals surface area contributed by atoms with Crippen LogP contribution in [0.2, 0.25) is 0 Å². The van der Waals surface area contributed by atoms with Crippen LogP contribution in [0.15, 0.2) is 84.0 Å². The standard InChI is InChI=1S/C24H20FN5O2S/c1-32-19-13-11-18(12-14-19)26-23(31)21-20(15-7-9-17(25)10-8-15)29-30-22(27-28-24(30)33-21)16-5-3-2-4-6-16/h2-14,20-21,29H,1H3,(H,26,31)/t20-,21-/m0/s1. The number of thioether (sulfide) groups is 1. The number of carbonyl (C=O) groups excluding carboxylic acids is 1. The molecule has 0 spiro atoms. The van der Waals surface area contributed by atoms with Crippen molar-refractivity contribution in [2.24, 2.45) is 0 Å². The van der Waals surface area contributed by atoms with Gasteiger partial charge >= 0.3 is 0 Å². The molecule has 0 unspecified atom stereocenters. The number of aromatic nitrogens is 3. The maximum absolute atomic E-state index is 13.6. The fraction of sp³-hybridized carbons (Fsp3) is 0.125. The van der Waals surface area contributed by atoms with Crippen molar-refractivity contribution < 1.29 is 13.9 Å². The number of methoxy groups -OCH3 is 1. The predicted octanol–water partition coefficient (Wildman–Crippen LogP) is 4.49. The van der Waals surface area contributed by atoms with E-state index in [9.17, 15) is 9.18 Å². The van der Waals surface area contributed by atoms with Crippen molar-refractivity contribution in [2.45, 2.75) is 16.4 Å². The third kappa shape index (κ3) is 4.27. The summed E-state index contributed by atoms with van der Waals surface area (Å²) in [6.07, 6.45) is 0. The largest absolute Gasteiger partial charge is 0.497 e. The first-order valence-electron chi connectivity index (χ1n) is 10.3. The van der Waals surface area contributed by atoms with E-state index >= 15 is 0 Å². The number of anilines is 1. The van der Waals surface area contributed by atoms with Crippen LogP contribution in [0, 0.1) is 5.82 Å². The van der Waals surface area contributed by atoms with Crippen LogP contribution in [0.25, 0.3) is 11.4 Å². The smallest absolute Gasteiger partial charge is 0.240 e. The third-order valence-corrected chi connectivity index (χ3v) is 6.53. The second kappa shape index (κ2) is 8.95. The van der Waals surface area contributed by atoms with E-state index in [4.69, 9.17) is 4.74 Å². The summed E-state index contributed by atoms with van der Waals surface area (Å²) in [5.74, 6) is 0.797. The predicted molar refractivity (Wildman–Crippen MR) is 125 cm³/mol. The Hall–Kier alpha value is -3.85. The van der Waals surface area contributed by atoms with Gasteiger partial charge in [-0.2, -0.15) is 0 Å². The summed E-state index contributed by atoms with van der Waals surface area (Å²) in [4.78, 5) is 13.3. The molecule has 7 nitrogen and oxygen atoms in total. The van der Waals surface area contributed by atoms with Gasteiger partial charge in [-0.15, -0.1) is 10.2 Å². The summed E-state index contributed by atoms with van der Waals surface area (Å²) in [5, 5.41) is 11.6. The first kappa shape index (κ1) is 21.0. The van der Waals surface area contributed by atoms with E-state index in [1.807, 2.05) is 30.3 Å². The molecule has 1 aromatic heterocycles. The van der Waals surface area contributed by atoms with E-state index in [1.54, 1.807) is 48.2 Å². The van der Waals surface area contributed by atoms with Gasteiger partial charge in [0.25, 0.3) is 0 Å². The normalized spacial score (nSPS) is 17.0. The van der Waals surface area contributed by atoms with Crippen LogP contribution in [0.3, 0.4) is 0 Å². The molecule has 2 heterocycles. The van der Waals surface area contributed by atoms with E-state index < -0.39 is 11.3 Å². The molecule has 0 radical (unpaired) electrons. The van der Waals surface area contributed by atoms with E-state index in [-0.39, 0.29) is 11.7 Å². The van der Waals surface area contributed by atoms with Gasteiger partial charge in [-0.1, -0.05) is 54.2 Å². The number of ether oxygens (including phenoxy) is 1. The minimum atomic E-state index is -0.571. The van der Waals surface area contributed by atoms with Crippen LogP contribution in [0.1, 0.15) is 11.6 Å². The number of fused-ring (bicyclic) bond motifs is 1. The lowest BCUT2D eigenvalue weighted by atomic mass is 10.0. The molecule has 0 bridgehead atoms. The Morgan fingerprint density at radius 1 is 1.03 bits per heavy atom. The second-order valence-corrected chi connectivity index (χ2v) is 8.53. The molecule has 3 aromatic carbocycles. The third-order valence-electron chi connectivity index (χ3n) is 5.31. The van der Waals surface area contributed by atoms with Gasteiger partial charge in [-0.05, 0) is 42.0 Å². The zero-order chi connectivity index (χ0) is 22.8. The van der Waals surface area contributed by atoms with Gasteiger partial charge in [0.05, 0.1) is 13.2 Å². The quantitative estimate of drug-likeness (QED) is 0.456. The van der Waals surface area contributed by atoms with Crippen molar-refractivity contribution >= 4 is 23.4 Å². The zero-order valence-corrected chi connectivity index (χ0v) is 18.4. The molecule has 2 N–H and O–H groups in total. The van der Waals surface area contributed by atoms with Crippen LogP contribution in [0.4, 0.5) is 10.1 Å². The molecule has 9 heteroatoms. The van der Waals surface area contributed by atoms with Crippen molar-refractivity contribution in [3.63, 3.8) is 0 Å². The lowest BCUT2D eigenvalue weighted by Gasteiger charge is -2.33. The summed E-state index contributed by atoms with van der Waals surface area (Å²) < 4.78 is 20.6. The molecule has 2 atom stereocenters. The topological polar surface area (TPSA) is 81.1 Å². The second-order valence-electron chi connectivity index (χ2n) is 7.42. The number of hydrogen-bond acceptors (Lipinski definition) is 6. The van der Waals surface area contributed by atoms with Crippen molar-refractivity contribution in [3.05, 3.63) is 90.2 Å². The average molecular weight is 462 g/mol. The van der Waals surface area contributed by atoms with E-state index in [0.717, 1.165) is 11.1 Å². The Morgan fingerprint density at radius 3 is 2.45 bits per heavy atom. The summed E-state index contributed by atoms with van der Waals surface area (Å²) in [7, 11) is 1.59. The maximum Gasteiger partial charge on any atom is 0.240 e. The number of nitrogens with one attached hydrogen (secondary N) is 2. The zero-order valence-electron chi connectivity index (χ0n) is 17.6. The number of nitrogens with zero attached hydrogens (tertiary/aromatic N) is 3. The van der Waals surface area contributed by atoms with Crippen LogP contribution in [-0.2, 0) is 4.79 Å². The van der Waals surface area contributed by atoms with Crippen LogP contribution >= 0.6 is 11.8 Å². The SMILES string of the molecule is COc1ccc(NC(=O)[C@H]2Sc3nnc(-c4ccccc4)n3N[C@H]2c2ccc(F)cc2)cc1. The van der Waals surface area contributed by atoms with Gasteiger partial charge in [-0.25, -0.2) is 9.07 Å². The molecule has 1 aliphatic rings. The van der Waals surface area contributed by atoms with Gasteiger partial charge in [0, 0.05) is 11.3 Å². The molecular formula is C24H20FN5O2S. The molecule has 0 saturated heterocycles. The van der Waals surface area contributed by atoms with Gasteiger partial charge in [0.2, 0.25) is 11.1 Å². The molecule has 5 rings (SSSR count). The Bertz CT molecular complexity index is 1260. The average Bonchev–Trinajstić information content (AvgIpc) is 3.28. The molecule has 4 aromatic rings. The van der Waals surface area contributed by atoms with E-state index in [2.05, 4.69) is 20.9 Å². The number of carbonyl (C=O) groups is 1. The van der Waals surface area contributed by atoms with Crippen LogP contribution in [0.5, 0.6) is 5.75 Å². The summed E-state index contributed by atoms with van der Waals surface area (Å²) in [6, 6.07) is 22.5. The van der Waals surface area contributed by atoms with Crippen molar-refractivity contribution in [1.29, 1.82) is 0 Å². The fourth-order valence-electron chi connectivity index (χ4n) is 3.64. The fourth-order valence-corrected chi connectivity index (χ4v) is 4.72.